The van der Waals surface area contributed by atoms with Crippen LogP contribution in [0.25, 0.3) is 0 Å². The molecule has 1 aliphatic carbocycles. The van der Waals surface area contributed by atoms with E-state index in [4.69, 9.17) is 0 Å². The summed E-state index contributed by atoms with van der Waals surface area (Å²) in [6.45, 7) is 7.52. The van der Waals surface area contributed by atoms with Crippen molar-refractivity contribution in [3.05, 3.63) is 11.6 Å². The molecule has 118 valence electrons. The molecule has 6 nitrogen and oxygen atoms in total. The van der Waals surface area contributed by atoms with E-state index in [-0.39, 0.29) is 17.2 Å². The highest BCUT2D eigenvalue weighted by atomic mass is 32.2. The van der Waals surface area contributed by atoms with E-state index >= 15 is 0 Å². The van der Waals surface area contributed by atoms with Gasteiger partial charge in [0.1, 0.15) is 5.82 Å². The van der Waals surface area contributed by atoms with Gasteiger partial charge in [0.2, 0.25) is 0 Å². The molecule has 0 radical (unpaired) electrons. The lowest BCUT2D eigenvalue weighted by molar-refractivity contribution is 0.180. The van der Waals surface area contributed by atoms with Crippen LogP contribution in [0.2, 0.25) is 0 Å². The molecule has 0 bridgehead atoms. The predicted octanol–water partition coefficient (Wildman–Crippen LogP) is 1.11. The Bertz CT molecular complexity index is 613. The summed E-state index contributed by atoms with van der Waals surface area (Å²) in [4.78, 5) is 6.84. The van der Waals surface area contributed by atoms with Crippen molar-refractivity contribution >= 4 is 9.84 Å². The number of aromatic amines is 1. The van der Waals surface area contributed by atoms with Crippen LogP contribution in [0.4, 0.5) is 0 Å². The molecule has 1 aromatic heterocycles. The lowest BCUT2D eigenvalue weighted by atomic mass is 9.96. The normalized spacial score (nSPS) is 26.9. The van der Waals surface area contributed by atoms with E-state index in [9.17, 15) is 8.42 Å². The van der Waals surface area contributed by atoms with Gasteiger partial charge in [0.25, 0.3) is 0 Å². The van der Waals surface area contributed by atoms with Crippen molar-refractivity contribution in [1.82, 2.24) is 20.1 Å². The van der Waals surface area contributed by atoms with Crippen molar-refractivity contribution in [3.8, 4) is 0 Å². The van der Waals surface area contributed by atoms with Gasteiger partial charge in [-0.3, -0.25) is 10.00 Å². The molecule has 3 rings (SSSR count). The number of hydrogen-bond donors (Lipinski definition) is 1. The maximum absolute atomic E-state index is 11.9. The molecule has 0 aromatic carbocycles. The van der Waals surface area contributed by atoms with E-state index in [2.05, 4.69) is 40.9 Å². The quantitative estimate of drug-likeness (QED) is 0.904. The summed E-state index contributed by atoms with van der Waals surface area (Å²) in [7, 11) is -2.87. The Balaban J connectivity index is 1.73. The molecule has 7 heteroatoms. The highest BCUT2D eigenvalue weighted by Crippen LogP contribution is 2.37. The predicted molar refractivity (Wildman–Crippen MR) is 80.7 cm³/mol. The van der Waals surface area contributed by atoms with Crippen LogP contribution < -0.4 is 0 Å². The summed E-state index contributed by atoms with van der Waals surface area (Å²) in [5.74, 6) is 2.76. The molecule has 1 aliphatic heterocycles. The number of nitrogens with zero attached hydrogens (tertiary/aromatic N) is 3. The molecular weight excluding hydrogens is 288 g/mol. The Kier molecular flexibility index (Phi) is 3.60. The lowest BCUT2D eigenvalue weighted by Crippen LogP contribution is -2.49. The summed E-state index contributed by atoms with van der Waals surface area (Å²) >= 11 is 0. The zero-order valence-electron chi connectivity index (χ0n) is 13.0. The van der Waals surface area contributed by atoms with Crippen LogP contribution in [0.15, 0.2) is 0 Å². The molecule has 0 unspecified atom stereocenters. The number of aromatic nitrogens is 3. The van der Waals surface area contributed by atoms with Crippen molar-refractivity contribution in [3.63, 3.8) is 0 Å². The van der Waals surface area contributed by atoms with Crippen LogP contribution in [-0.2, 0) is 21.8 Å². The molecule has 1 saturated carbocycles. The molecule has 21 heavy (non-hydrogen) atoms. The molecular formula is C14H24N4O2S. The Morgan fingerprint density at radius 1 is 1.33 bits per heavy atom. The first-order valence-electron chi connectivity index (χ1n) is 7.61. The van der Waals surface area contributed by atoms with Crippen molar-refractivity contribution in [1.29, 1.82) is 0 Å². The third kappa shape index (κ3) is 3.45. The second kappa shape index (κ2) is 5.05. The maximum Gasteiger partial charge on any atom is 0.156 e. The van der Waals surface area contributed by atoms with Gasteiger partial charge in [-0.2, -0.15) is 5.10 Å². The topological polar surface area (TPSA) is 79.0 Å². The standard InChI is InChI=1S/C14H24N4O2S/c1-14(2,3)13-15-12(16-17-13)8-18-6-7-21(19,20)9-11(18)10-4-5-10/h10-11H,4-9H2,1-3H3,(H,15,16,17)/t11-/m0/s1. The number of rotatable bonds is 3. The van der Waals surface area contributed by atoms with Crippen LogP contribution in [0, 0.1) is 5.92 Å². The van der Waals surface area contributed by atoms with Gasteiger partial charge < -0.3 is 0 Å². The number of H-pyrrole nitrogens is 1. The Hall–Kier alpha value is -0.950. The summed E-state index contributed by atoms with van der Waals surface area (Å²) in [5, 5.41) is 7.29. The highest BCUT2D eigenvalue weighted by molar-refractivity contribution is 7.91. The second-order valence-corrected chi connectivity index (χ2v) is 9.57. The molecule has 1 N–H and O–H groups in total. The third-order valence-corrected chi connectivity index (χ3v) is 5.96. The SMILES string of the molecule is CC(C)(C)c1n[nH]c(CN2CCS(=O)(=O)C[C@H]2C2CC2)n1. The van der Waals surface area contributed by atoms with Crippen LogP contribution in [0.1, 0.15) is 45.3 Å². The first-order chi connectivity index (χ1) is 9.74. The summed E-state index contributed by atoms with van der Waals surface area (Å²) in [5.41, 5.74) is -0.0735. The van der Waals surface area contributed by atoms with Crippen molar-refractivity contribution in [2.75, 3.05) is 18.1 Å². The van der Waals surface area contributed by atoms with Crippen LogP contribution >= 0.6 is 0 Å². The largest absolute Gasteiger partial charge is 0.291 e. The first kappa shape index (κ1) is 15.0. The van der Waals surface area contributed by atoms with Crippen LogP contribution in [-0.4, -0.2) is 52.6 Å². The molecule has 2 aliphatic rings. The van der Waals surface area contributed by atoms with Crippen molar-refractivity contribution in [2.24, 2.45) is 5.92 Å². The average molecular weight is 312 g/mol. The third-order valence-electron chi connectivity index (χ3n) is 4.30. The fraction of sp³-hybridized carbons (Fsp3) is 0.857. The number of sulfone groups is 1. The van der Waals surface area contributed by atoms with Crippen molar-refractivity contribution < 1.29 is 8.42 Å². The highest BCUT2D eigenvalue weighted by Gasteiger charge is 2.41. The smallest absolute Gasteiger partial charge is 0.156 e. The first-order valence-corrected chi connectivity index (χ1v) is 9.43. The van der Waals surface area contributed by atoms with Gasteiger partial charge in [-0.15, -0.1) is 0 Å². The van der Waals surface area contributed by atoms with E-state index in [1.807, 2.05) is 0 Å². The minimum Gasteiger partial charge on any atom is -0.291 e. The minimum absolute atomic E-state index is 0.0735. The van der Waals surface area contributed by atoms with Crippen LogP contribution in [0.3, 0.4) is 0 Å². The van der Waals surface area contributed by atoms with Gasteiger partial charge in [0.05, 0.1) is 18.1 Å². The summed E-state index contributed by atoms with van der Waals surface area (Å²) in [6.07, 6.45) is 2.31. The van der Waals surface area contributed by atoms with E-state index in [1.165, 1.54) is 0 Å². The number of hydrogen-bond acceptors (Lipinski definition) is 5. The van der Waals surface area contributed by atoms with Gasteiger partial charge >= 0.3 is 0 Å². The van der Waals surface area contributed by atoms with E-state index in [0.29, 0.717) is 24.8 Å². The molecule has 0 amide bonds. The van der Waals surface area contributed by atoms with Gasteiger partial charge in [-0.1, -0.05) is 20.8 Å². The Morgan fingerprint density at radius 3 is 2.62 bits per heavy atom. The zero-order chi connectivity index (χ0) is 15.3. The Labute approximate surface area is 126 Å². The fourth-order valence-corrected chi connectivity index (χ4v) is 4.56. The summed E-state index contributed by atoms with van der Waals surface area (Å²) in [6, 6.07) is 0.159. The molecule has 1 aromatic rings. The van der Waals surface area contributed by atoms with E-state index in [0.717, 1.165) is 24.5 Å². The minimum atomic E-state index is -2.87. The van der Waals surface area contributed by atoms with Gasteiger partial charge in [-0.05, 0) is 18.8 Å². The molecule has 0 spiro atoms. The monoisotopic (exact) mass is 312 g/mol. The molecule has 1 saturated heterocycles. The average Bonchev–Trinajstić information content (AvgIpc) is 3.09. The van der Waals surface area contributed by atoms with Crippen molar-refractivity contribution in [2.45, 2.75) is 51.6 Å². The molecule has 2 heterocycles. The van der Waals surface area contributed by atoms with E-state index < -0.39 is 9.84 Å². The summed E-state index contributed by atoms with van der Waals surface area (Å²) < 4.78 is 23.7. The molecule has 2 fully saturated rings. The molecule has 1 atom stereocenters. The van der Waals surface area contributed by atoms with Gasteiger partial charge in [0.15, 0.2) is 15.7 Å². The zero-order valence-corrected chi connectivity index (χ0v) is 13.8. The van der Waals surface area contributed by atoms with Crippen LogP contribution in [0.5, 0.6) is 0 Å². The number of nitrogens with one attached hydrogen (secondary N) is 1. The maximum atomic E-state index is 11.9. The second-order valence-electron chi connectivity index (χ2n) is 7.35. The lowest BCUT2D eigenvalue weighted by Gasteiger charge is -2.34. The van der Waals surface area contributed by atoms with E-state index in [1.54, 1.807) is 0 Å². The Morgan fingerprint density at radius 2 is 2.05 bits per heavy atom. The fourth-order valence-electron chi connectivity index (χ4n) is 2.88. The van der Waals surface area contributed by atoms with Gasteiger partial charge in [0, 0.05) is 18.0 Å². The van der Waals surface area contributed by atoms with Gasteiger partial charge in [-0.25, -0.2) is 13.4 Å².